The normalized spacial score (nSPS) is 10.2. The van der Waals surface area contributed by atoms with Gasteiger partial charge in [-0.3, -0.25) is 4.79 Å². The molecule has 1 aromatic heterocycles. The first-order valence-electron chi connectivity index (χ1n) is 5.83. The van der Waals surface area contributed by atoms with Crippen molar-refractivity contribution in [2.45, 2.75) is 13.3 Å². The quantitative estimate of drug-likeness (QED) is 0.867. The number of nitrogens with one attached hydrogen (secondary N) is 1. The van der Waals surface area contributed by atoms with Crippen LogP contribution >= 0.6 is 11.6 Å². The van der Waals surface area contributed by atoms with Gasteiger partial charge in [-0.15, -0.1) is 0 Å². The molecular formula is C14H13ClN2O2. The lowest BCUT2D eigenvalue weighted by Gasteiger charge is -2.05. The second-order valence-electron chi connectivity index (χ2n) is 3.92. The van der Waals surface area contributed by atoms with Crippen molar-refractivity contribution in [3.63, 3.8) is 0 Å². The highest BCUT2D eigenvalue weighted by molar-refractivity contribution is 6.33. The molecule has 1 N–H and O–H groups in total. The zero-order valence-electron chi connectivity index (χ0n) is 10.4. The number of benzene rings is 1. The van der Waals surface area contributed by atoms with Gasteiger partial charge < -0.3 is 9.84 Å². The molecule has 5 heteroatoms. The number of anilines is 1. The summed E-state index contributed by atoms with van der Waals surface area (Å²) in [5.74, 6) is 0.522. The number of halogens is 1. The Bertz CT molecular complexity index is 620. The van der Waals surface area contributed by atoms with E-state index in [-0.39, 0.29) is 5.91 Å². The Morgan fingerprint density at radius 2 is 2.32 bits per heavy atom. The third-order valence-corrected chi connectivity index (χ3v) is 2.92. The van der Waals surface area contributed by atoms with Gasteiger partial charge in [0.15, 0.2) is 0 Å². The molecule has 2 rings (SSSR count). The van der Waals surface area contributed by atoms with Crippen molar-refractivity contribution < 1.29 is 9.32 Å². The standard InChI is InChI=1S/C14H13ClN2O2/c1-3-10-8-13(17-19-10)11-6-5-9(7-12(11)15)16-14(18)4-2/h4-8H,2-3H2,1H3,(H,16,18). The first kappa shape index (κ1) is 13.4. The van der Waals surface area contributed by atoms with Gasteiger partial charge in [-0.2, -0.15) is 0 Å². The maximum atomic E-state index is 11.2. The number of rotatable bonds is 4. The van der Waals surface area contributed by atoms with Crippen LogP contribution in [0.2, 0.25) is 5.02 Å². The molecule has 4 nitrogen and oxygen atoms in total. The minimum absolute atomic E-state index is 0.279. The van der Waals surface area contributed by atoms with Gasteiger partial charge in [0, 0.05) is 23.7 Å². The maximum Gasteiger partial charge on any atom is 0.247 e. The van der Waals surface area contributed by atoms with Crippen LogP contribution in [0, 0.1) is 0 Å². The lowest BCUT2D eigenvalue weighted by Crippen LogP contribution is -2.07. The first-order valence-corrected chi connectivity index (χ1v) is 6.20. The van der Waals surface area contributed by atoms with Crippen molar-refractivity contribution in [3.8, 4) is 11.3 Å². The summed E-state index contributed by atoms with van der Waals surface area (Å²) >= 11 is 6.18. The number of amides is 1. The highest BCUT2D eigenvalue weighted by Gasteiger charge is 2.10. The molecule has 1 aromatic carbocycles. The van der Waals surface area contributed by atoms with Gasteiger partial charge in [-0.25, -0.2) is 0 Å². The molecule has 0 spiro atoms. The van der Waals surface area contributed by atoms with E-state index in [1.165, 1.54) is 6.08 Å². The molecule has 0 aliphatic rings. The van der Waals surface area contributed by atoms with E-state index in [0.29, 0.717) is 16.4 Å². The number of aryl methyl sites for hydroxylation is 1. The summed E-state index contributed by atoms with van der Waals surface area (Å²) in [4.78, 5) is 11.2. The molecule has 98 valence electrons. The van der Waals surface area contributed by atoms with E-state index in [1.807, 2.05) is 13.0 Å². The Morgan fingerprint density at radius 1 is 1.53 bits per heavy atom. The van der Waals surface area contributed by atoms with Crippen molar-refractivity contribution in [1.29, 1.82) is 0 Å². The second-order valence-corrected chi connectivity index (χ2v) is 4.33. The Balaban J connectivity index is 2.28. The van der Waals surface area contributed by atoms with E-state index in [1.54, 1.807) is 18.2 Å². The topological polar surface area (TPSA) is 55.1 Å². The van der Waals surface area contributed by atoms with Gasteiger partial charge in [0.1, 0.15) is 11.5 Å². The number of hydrogen-bond donors (Lipinski definition) is 1. The average Bonchev–Trinajstić information content (AvgIpc) is 2.87. The fraction of sp³-hybridized carbons (Fsp3) is 0.143. The van der Waals surface area contributed by atoms with Gasteiger partial charge >= 0.3 is 0 Å². The number of nitrogens with zero attached hydrogens (tertiary/aromatic N) is 1. The smallest absolute Gasteiger partial charge is 0.247 e. The maximum absolute atomic E-state index is 11.2. The summed E-state index contributed by atoms with van der Waals surface area (Å²) in [5.41, 5.74) is 2.06. The predicted octanol–water partition coefficient (Wildman–Crippen LogP) is 3.68. The van der Waals surface area contributed by atoms with Crippen molar-refractivity contribution in [3.05, 3.63) is 47.7 Å². The molecule has 0 aliphatic carbocycles. The largest absolute Gasteiger partial charge is 0.361 e. The van der Waals surface area contributed by atoms with E-state index in [0.717, 1.165) is 17.7 Å². The zero-order chi connectivity index (χ0) is 13.8. The molecule has 1 amide bonds. The summed E-state index contributed by atoms with van der Waals surface area (Å²) in [6.07, 6.45) is 1.98. The Hall–Kier alpha value is -2.07. The number of aromatic nitrogens is 1. The molecule has 0 fully saturated rings. The third kappa shape index (κ3) is 3.03. The Morgan fingerprint density at radius 3 is 2.89 bits per heavy atom. The first-order chi connectivity index (χ1) is 9.13. The minimum Gasteiger partial charge on any atom is -0.361 e. The monoisotopic (exact) mass is 276 g/mol. The van der Waals surface area contributed by atoms with E-state index in [4.69, 9.17) is 16.1 Å². The van der Waals surface area contributed by atoms with Crippen LogP contribution in [0.1, 0.15) is 12.7 Å². The van der Waals surface area contributed by atoms with Gasteiger partial charge in [0.2, 0.25) is 5.91 Å². The molecule has 0 unspecified atom stereocenters. The van der Waals surface area contributed by atoms with Crippen molar-refractivity contribution >= 4 is 23.2 Å². The zero-order valence-corrected chi connectivity index (χ0v) is 11.2. The fourth-order valence-corrected chi connectivity index (χ4v) is 1.88. The molecule has 0 saturated heterocycles. The van der Waals surface area contributed by atoms with Crippen LogP contribution in [0.3, 0.4) is 0 Å². The predicted molar refractivity (Wildman–Crippen MR) is 75.2 cm³/mol. The van der Waals surface area contributed by atoms with Gasteiger partial charge in [0.05, 0.1) is 5.02 Å². The summed E-state index contributed by atoms with van der Waals surface area (Å²) in [6, 6.07) is 7.06. The van der Waals surface area contributed by atoms with Crippen LogP contribution in [0.5, 0.6) is 0 Å². The molecule has 19 heavy (non-hydrogen) atoms. The number of hydrogen-bond acceptors (Lipinski definition) is 3. The molecular weight excluding hydrogens is 264 g/mol. The molecule has 1 heterocycles. The highest BCUT2D eigenvalue weighted by atomic mass is 35.5. The minimum atomic E-state index is -0.279. The SMILES string of the molecule is C=CC(=O)Nc1ccc(-c2cc(CC)on2)c(Cl)c1. The second kappa shape index (κ2) is 5.71. The fourth-order valence-electron chi connectivity index (χ4n) is 1.60. The lowest BCUT2D eigenvalue weighted by atomic mass is 10.1. The van der Waals surface area contributed by atoms with Crippen molar-refractivity contribution in [1.82, 2.24) is 5.16 Å². The highest BCUT2D eigenvalue weighted by Crippen LogP contribution is 2.30. The average molecular weight is 277 g/mol. The van der Waals surface area contributed by atoms with E-state index < -0.39 is 0 Å². The van der Waals surface area contributed by atoms with E-state index in [2.05, 4.69) is 17.1 Å². The van der Waals surface area contributed by atoms with Crippen LogP contribution < -0.4 is 5.32 Å². The van der Waals surface area contributed by atoms with Crippen molar-refractivity contribution in [2.75, 3.05) is 5.32 Å². The molecule has 0 aliphatic heterocycles. The molecule has 2 aromatic rings. The van der Waals surface area contributed by atoms with Crippen LogP contribution in [0.15, 0.2) is 41.4 Å². The number of carbonyl (C=O) groups is 1. The van der Waals surface area contributed by atoms with Crippen LogP contribution in [0.25, 0.3) is 11.3 Å². The Labute approximate surface area is 116 Å². The lowest BCUT2D eigenvalue weighted by molar-refractivity contribution is -0.111. The van der Waals surface area contributed by atoms with E-state index >= 15 is 0 Å². The summed E-state index contributed by atoms with van der Waals surface area (Å²) in [7, 11) is 0. The van der Waals surface area contributed by atoms with Crippen LogP contribution in [-0.2, 0) is 11.2 Å². The third-order valence-electron chi connectivity index (χ3n) is 2.61. The molecule has 0 bridgehead atoms. The molecule has 0 saturated carbocycles. The summed E-state index contributed by atoms with van der Waals surface area (Å²) < 4.78 is 5.14. The molecule has 0 atom stereocenters. The molecule has 0 radical (unpaired) electrons. The summed E-state index contributed by atoms with van der Waals surface area (Å²) in [6.45, 7) is 5.37. The Kier molecular flexibility index (Phi) is 4.02. The summed E-state index contributed by atoms with van der Waals surface area (Å²) in [5, 5.41) is 7.10. The van der Waals surface area contributed by atoms with Gasteiger partial charge in [-0.05, 0) is 24.3 Å². The van der Waals surface area contributed by atoms with Crippen LogP contribution in [-0.4, -0.2) is 11.1 Å². The van der Waals surface area contributed by atoms with Crippen molar-refractivity contribution in [2.24, 2.45) is 0 Å². The number of carbonyl (C=O) groups excluding carboxylic acids is 1. The van der Waals surface area contributed by atoms with E-state index in [9.17, 15) is 4.79 Å². The van der Waals surface area contributed by atoms with Crippen LogP contribution in [0.4, 0.5) is 5.69 Å². The van der Waals surface area contributed by atoms with Gasteiger partial charge in [0.25, 0.3) is 0 Å². The van der Waals surface area contributed by atoms with Gasteiger partial charge in [-0.1, -0.05) is 30.3 Å².